The molecule has 0 unspecified atom stereocenters. The fourth-order valence-corrected chi connectivity index (χ4v) is 3.36. The number of fused-ring (bicyclic) bond motifs is 4. The maximum Gasteiger partial charge on any atom is 0.223 e. The summed E-state index contributed by atoms with van der Waals surface area (Å²) in [6.07, 6.45) is 0.482. The van der Waals surface area contributed by atoms with Gasteiger partial charge in [0.05, 0.1) is 11.1 Å². The molecule has 0 bridgehead atoms. The largest absolute Gasteiger partial charge is 0.455 e. The van der Waals surface area contributed by atoms with E-state index in [1.54, 1.807) is 11.8 Å². The molecule has 1 aromatic heterocycles. The van der Waals surface area contributed by atoms with Crippen LogP contribution >= 0.6 is 0 Å². The summed E-state index contributed by atoms with van der Waals surface area (Å²) in [4.78, 5) is 26.8. The third-order valence-electron chi connectivity index (χ3n) is 4.54. The summed E-state index contributed by atoms with van der Waals surface area (Å²) in [6, 6.07) is 13.2. The van der Waals surface area contributed by atoms with Crippen molar-refractivity contribution in [3.05, 3.63) is 63.8 Å². The Morgan fingerprint density at radius 3 is 2.75 bits per heavy atom. The lowest BCUT2D eigenvalue weighted by molar-refractivity contribution is -0.116. The molecule has 0 saturated heterocycles. The highest BCUT2D eigenvalue weighted by atomic mass is 16.3. The van der Waals surface area contributed by atoms with Crippen molar-refractivity contribution in [1.29, 1.82) is 0 Å². The van der Waals surface area contributed by atoms with E-state index in [1.165, 1.54) is 0 Å². The van der Waals surface area contributed by atoms with Gasteiger partial charge in [0.15, 0.2) is 5.43 Å². The van der Waals surface area contributed by atoms with Gasteiger partial charge in [-0.3, -0.25) is 9.59 Å². The van der Waals surface area contributed by atoms with Crippen LogP contribution in [0, 0.1) is 6.92 Å². The first-order chi connectivity index (χ1) is 11.6. The van der Waals surface area contributed by atoms with Crippen LogP contribution < -0.4 is 10.3 Å². The zero-order valence-electron chi connectivity index (χ0n) is 13.6. The molecule has 1 amide bonds. The lowest BCUT2D eigenvalue weighted by atomic mass is 10.0. The number of para-hydroxylation sites is 1. The predicted octanol–water partition coefficient (Wildman–Crippen LogP) is 3.68. The summed E-state index contributed by atoms with van der Waals surface area (Å²) >= 11 is 0. The molecule has 1 aliphatic heterocycles. The molecule has 0 saturated carbocycles. The lowest BCUT2D eigenvalue weighted by Crippen LogP contribution is -2.30. The van der Waals surface area contributed by atoms with Crippen molar-refractivity contribution in [3.63, 3.8) is 0 Å². The van der Waals surface area contributed by atoms with E-state index in [2.05, 4.69) is 0 Å². The Hall–Kier alpha value is -2.88. The Morgan fingerprint density at radius 1 is 1.17 bits per heavy atom. The molecular formula is C20H17NO3. The van der Waals surface area contributed by atoms with E-state index in [9.17, 15) is 9.59 Å². The van der Waals surface area contributed by atoms with Crippen LogP contribution in [0.2, 0.25) is 0 Å². The number of hydrogen-bond donors (Lipinski definition) is 0. The summed E-state index contributed by atoms with van der Waals surface area (Å²) in [5, 5.41) is 0.600. The van der Waals surface area contributed by atoms with Gasteiger partial charge >= 0.3 is 0 Å². The van der Waals surface area contributed by atoms with E-state index in [-0.39, 0.29) is 11.3 Å². The van der Waals surface area contributed by atoms with Crippen molar-refractivity contribution in [2.75, 3.05) is 11.4 Å². The minimum atomic E-state index is -0.0388. The number of carbonyl (C=O) groups excluding carboxylic acids is 1. The lowest BCUT2D eigenvalue weighted by Gasteiger charge is -2.20. The molecule has 0 spiro atoms. The van der Waals surface area contributed by atoms with E-state index >= 15 is 0 Å². The average Bonchev–Trinajstić information content (AvgIpc) is 2.73. The molecule has 2 aromatic carbocycles. The monoisotopic (exact) mass is 319 g/mol. The van der Waals surface area contributed by atoms with E-state index in [4.69, 9.17) is 4.42 Å². The van der Waals surface area contributed by atoms with Gasteiger partial charge in [-0.15, -0.1) is 0 Å². The van der Waals surface area contributed by atoms with Gasteiger partial charge in [-0.25, -0.2) is 0 Å². The number of carbonyl (C=O) groups is 1. The Labute approximate surface area is 139 Å². The van der Waals surface area contributed by atoms with Crippen molar-refractivity contribution in [2.45, 2.75) is 20.3 Å². The summed E-state index contributed by atoms with van der Waals surface area (Å²) in [7, 11) is 0. The normalized spacial score (nSPS) is 13.3. The molecule has 24 heavy (non-hydrogen) atoms. The van der Waals surface area contributed by atoms with Crippen LogP contribution in [0.3, 0.4) is 0 Å². The van der Waals surface area contributed by atoms with E-state index in [0.29, 0.717) is 35.3 Å². The Bertz CT molecular complexity index is 1030. The molecule has 4 heteroatoms. The molecule has 0 N–H and O–H groups in total. The highest BCUT2D eigenvalue weighted by molar-refractivity contribution is 5.97. The minimum absolute atomic E-state index is 0.00449. The average molecular weight is 319 g/mol. The zero-order chi connectivity index (χ0) is 16.8. The molecule has 2 heterocycles. The molecule has 1 aliphatic rings. The van der Waals surface area contributed by atoms with Crippen molar-refractivity contribution in [1.82, 2.24) is 0 Å². The van der Waals surface area contributed by atoms with Gasteiger partial charge in [0.25, 0.3) is 0 Å². The summed E-state index contributed by atoms with van der Waals surface area (Å²) in [5.41, 5.74) is 3.82. The Kier molecular flexibility index (Phi) is 3.27. The fourth-order valence-electron chi connectivity index (χ4n) is 3.36. The van der Waals surface area contributed by atoms with E-state index in [0.717, 1.165) is 16.8 Å². The third kappa shape index (κ3) is 2.14. The SMILES string of the molecule is CC(=O)N1CCc2c(oc3ccc(C)cc3c2=O)-c2ccccc21. The molecule has 4 rings (SSSR count). The predicted molar refractivity (Wildman–Crippen MR) is 94.4 cm³/mol. The van der Waals surface area contributed by atoms with Gasteiger partial charge in [-0.1, -0.05) is 23.8 Å². The molecule has 0 radical (unpaired) electrons. The van der Waals surface area contributed by atoms with Crippen LogP contribution in [-0.2, 0) is 11.2 Å². The number of rotatable bonds is 0. The first-order valence-corrected chi connectivity index (χ1v) is 8.00. The first kappa shape index (κ1) is 14.7. The minimum Gasteiger partial charge on any atom is -0.455 e. The van der Waals surface area contributed by atoms with Crippen LogP contribution in [0.15, 0.2) is 51.7 Å². The second-order valence-electron chi connectivity index (χ2n) is 6.18. The van der Waals surface area contributed by atoms with E-state index in [1.807, 2.05) is 49.4 Å². The van der Waals surface area contributed by atoms with Crippen molar-refractivity contribution >= 4 is 22.6 Å². The Morgan fingerprint density at radius 2 is 1.96 bits per heavy atom. The first-order valence-electron chi connectivity index (χ1n) is 8.00. The number of nitrogens with zero attached hydrogens (tertiary/aromatic N) is 1. The Balaban J connectivity index is 2.08. The molecule has 120 valence electrons. The maximum absolute atomic E-state index is 13.0. The number of anilines is 1. The smallest absolute Gasteiger partial charge is 0.223 e. The molecule has 0 atom stereocenters. The number of amides is 1. The second kappa shape index (κ2) is 5.34. The quantitative estimate of drug-likeness (QED) is 0.635. The highest BCUT2D eigenvalue weighted by Crippen LogP contribution is 2.36. The topological polar surface area (TPSA) is 50.5 Å². The number of benzene rings is 2. The fraction of sp³-hybridized carbons (Fsp3) is 0.200. The van der Waals surface area contributed by atoms with Crippen molar-refractivity contribution < 1.29 is 9.21 Å². The molecule has 4 nitrogen and oxygen atoms in total. The molecule has 0 fully saturated rings. The summed E-state index contributed by atoms with van der Waals surface area (Å²) < 4.78 is 6.12. The van der Waals surface area contributed by atoms with Crippen LogP contribution in [-0.4, -0.2) is 12.5 Å². The van der Waals surface area contributed by atoms with Gasteiger partial charge in [0, 0.05) is 24.6 Å². The van der Waals surface area contributed by atoms with Gasteiger partial charge in [-0.2, -0.15) is 0 Å². The highest BCUT2D eigenvalue weighted by Gasteiger charge is 2.26. The molecule has 3 aromatic rings. The number of hydrogen-bond acceptors (Lipinski definition) is 3. The zero-order valence-corrected chi connectivity index (χ0v) is 13.6. The molecular weight excluding hydrogens is 302 g/mol. The van der Waals surface area contributed by atoms with Crippen molar-refractivity contribution in [3.8, 4) is 11.3 Å². The maximum atomic E-state index is 13.0. The summed E-state index contributed by atoms with van der Waals surface area (Å²) in [6.45, 7) is 3.97. The second-order valence-corrected chi connectivity index (χ2v) is 6.18. The number of aryl methyl sites for hydroxylation is 1. The third-order valence-corrected chi connectivity index (χ3v) is 4.54. The van der Waals surface area contributed by atoms with Gasteiger partial charge in [0.2, 0.25) is 5.91 Å². The van der Waals surface area contributed by atoms with Gasteiger partial charge in [0.1, 0.15) is 11.3 Å². The van der Waals surface area contributed by atoms with Crippen LogP contribution in [0.4, 0.5) is 5.69 Å². The molecule has 0 aliphatic carbocycles. The van der Waals surface area contributed by atoms with Crippen molar-refractivity contribution in [2.24, 2.45) is 0 Å². The standard InChI is InChI=1S/C20H17NO3/c1-12-7-8-18-16(11-12)19(23)15-9-10-21(13(2)22)17-6-4-3-5-14(17)20(15)24-18/h3-8,11H,9-10H2,1-2H3. The van der Waals surface area contributed by atoms with Crippen LogP contribution in [0.5, 0.6) is 0 Å². The van der Waals surface area contributed by atoms with E-state index < -0.39 is 0 Å². The summed E-state index contributed by atoms with van der Waals surface area (Å²) in [5.74, 6) is 0.541. The van der Waals surface area contributed by atoms with Crippen LogP contribution in [0.1, 0.15) is 18.1 Å². The van der Waals surface area contributed by atoms with Gasteiger partial charge in [-0.05, 0) is 37.6 Å². The van der Waals surface area contributed by atoms with Gasteiger partial charge < -0.3 is 9.32 Å². The van der Waals surface area contributed by atoms with Crippen LogP contribution in [0.25, 0.3) is 22.3 Å².